The van der Waals surface area contributed by atoms with Gasteiger partial charge in [-0.2, -0.15) is 0 Å². The highest BCUT2D eigenvalue weighted by Gasteiger charge is 2.10. The second-order valence-electron chi connectivity index (χ2n) is 2.81. The Morgan fingerprint density at radius 1 is 1.57 bits per heavy atom. The van der Waals surface area contributed by atoms with Crippen molar-refractivity contribution in [1.82, 2.24) is 5.32 Å². The van der Waals surface area contributed by atoms with Crippen molar-refractivity contribution in [2.24, 2.45) is 5.73 Å². The van der Waals surface area contributed by atoms with Crippen LogP contribution in [0, 0.1) is 17.7 Å². The molecule has 1 heterocycles. The normalized spacial score (nSPS) is 9.57. The first-order valence-corrected chi connectivity index (χ1v) is 4.87. The van der Waals surface area contributed by atoms with Crippen molar-refractivity contribution in [3.8, 4) is 0 Å². The Balaban J connectivity index is 2.75. The van der Waals surface area contributed by atoms with Crippen molar-refractivity contribution < 1.29 is 0 Å². The Labute approximate surface area is 86.6 Å². The highest BCUT2D eigenvalue weighted by atomic mass is 32.1. The van der Waals surface area contributed by atoms with Gasteiger partial charge in [0.15, 0.2) is 5.96 Å². The van der Waals surface area contributed by atoms with E-state index in [9.17, 15) is 0 Å². The summed E-state index contributed by atoms with van der Waals surface area (Å²) < 4.78 is 0. The highest BCUT2D eigenvalue weighted by Crippen LogP contribution is 2.23. The Hall–Kier alpha value is -1.56. The van der Waals surface area contributed by atoms with Gasteiger partial charge in [-0.3, -0.25) is 16.1 Å². The van der Waals surface area contributed by atoms with Gasteiger partial charge in [0.05, 0.1) is 5.69 Å². The zero-order valence-electron chi connectivity index (χ0n) is 8.09. The van der Waals surface area contributed by atoms with Gasteiger partial charge in [-0.25, -0.2) is 0 Å². The van der Waals surface area contributed by atoms with Gasteiger partial charge in [0.1, 0.15) is 0 Å². The monoisotopic (exact) mass is 211 g/mol. The fourth-order valence-electron chi connectivity index (χ4n) is 1.06. The van der Waals surface area contributed by atoms with E-state index >= 15 is 0 Å². The molecule has 0 fully saturated rings. The Morgan fingerprint density at radius 3 is 2.64 bits per heavy atom. The molecule has 1 aromatic rings. The lowest BCUT2D eigenvalue weighted by molar-refractivity contribution is 1.11. The second-order valence-corrected chi connectivity index (χ2v) is 3.93. The summed E-state index contributed by atoms with van der Waals surface area (Å²) in [7, 11) is 1.76. The molecule has 0 bridgehead atoms. The summed E-state index contributed by atoms with van der Waals surface area (Å²) in [6.07, 6.45) is 0. The van der Waals surface area contributed by atoms with Crippen LogP contribution in [0.3, 0.4) is 0 Å². The van der Waals surface area contributed by atoms with E-state index in [-0.39, 0.29) is 11.9 Å². The summed E-state index contributed by atoms with van der Waals surface area (Å²) in [6, 6.07) is 1.93. The zero-order chi connectivity index (χ0) is 10.7. The van der Waals surface area contributed by atoms with Crippen LogP contribution in [-0.4, -0.2) is 19.0 Å². The quantitative estimate of drug-likeness (QED) is 0.411. The van der Waals surface area contributed by atoms with Crippen LogP contribution in [0.25, 0.3) is 0 Å². The van der Waals surface area contributed by atoms with E-state index in [1.165, 1.54) is 0 Å². The smallest absolute Gasteiger partial charge is 0.202 e. The van der Waals surface area contributed by atoms with E-state index in [0.717, 1.165) is 10.6 Å². The molecule has 0 aliphatic rings. The molecule has 0 aliphatic heterocycles. The van der Waals surface area contributed by atoms with Crippen molar-refractivity contribution in [3.63, 3.8) is 0 Å². The number of nitrogens with two attached hydrogens (primary N) is 1. The van der Waals surface area contributed by atoms with E-state index in [0.29, 0.717) is 0 Å². The van der Waals surface area contributed by atoms with Crippen LogP contribution < -0.4 is 16.0 Å². The molecule has 1 aromatic heterocycles. The Kier molecular flexibility index (Phi) is 3.08. The molecule has 0 unspecified atom stereocenters. The molecule has 0 aromatic carbocycles. The van der Waals surface area contributed by atoms with E-state index in [1.54, 1.807) is 23.3 Å². The molecule has 5 N–H and O–H groups in total. The van der Waals surface area contributed by atoms with Gasteiger partial charge in [-0.05, 0) is 18.4 Å². The third-order valence-corrected chi connectivity index (χ3v) is 2.62. The van der Waals surface area contributed by atoms with E-state index in [2.05, 4.69) is 5.32 Å². The van der Waals surface area contributed by atoms with E-state index in [4.69, 9.17) is 16.6 Å². The van der Waals surface area contributed by atoms with Crippen molar-refractivity contribution >= 4 is 28.9 Å². The predicted octanol–water partition coefficient (Wildman–Crippen LogP) is 0.911. The number of hydrogen-bond acceptors (Lipinski definition) is 3. The maximum Gasteiger partial charge on any atom is 0.202 e. The fourth-order valence-corrected chi connectivity index (χ4v) is 1.78. The molecule has 76 valence electrons. The minimum atomic E-state index is -0.227. The Bertz CT molecular complexity index is 356. The summed E-state index contributed by atoms with van der Waals surface area (Å²) >= 11 is 1.62. The van der Waals surface area contributed by atoms with Gasteiger partial charge in [-0.15, -0.1) is 11.3 Å². The molecule has 0 spiro atoms. The minimum absolute atomic E-state index is 0.0963. The lowest BCUT2D eigenvalue weighted by Gasteiger charge is -2.19. The van der Waals surface area contributed by atoms with E-state index < -0.39 is 0 Å². The van der Waals surface area contributed by atoms with Crippen molar-refractivity contribution in [2.45, 2.75) is 6.92 Å². The van der Waals surface area contributed by atoms with Crippen LogP contribution >= 0.6 is 11.3 Å². The first kappa shape index (κ1) is 10.5. The van der Waals surface area contributed by atoms with Crippen LogP contribution in [0.2, 0.25) is 0 Å². The van der Waals surface area contributed by atoms with Gasteiger partial charge < -0.3 is 10.6 Å². The molecule has 0 atom stereocenters. The average Bonchev–Trinajstić information content (AvgIpc) is 2.48. The molecule has 0 saturated heterocycles. The first-order valence-electron chi connectivity index (χ1n) is 3.99. The molecule has 5 nitrogen and oxygen atoms in total. The standard InChI is InChI=1S/C8H13N5S/c1-5-6(3-4-14-5)13(2)8(11)12-7(9)10/h3-4H,1-2H3,(H5,9,10,11,12). The topological polar surface area (TPSA) is 89.0 Å². The maximum absolute atomic E-state index is 7.60. The van der Waals surface area contributed by atoms with Crippen LogP contribution in [0.5, 0.6) is 0 Å². The molecule has 6 heteroatoms. The van der Waals surface area contributed by atoms with Gasteiger partial charge in [0, 0.05) is 11.9 Å². The summed E-state index contributed by atoms with van der Waals surface area (Å²) in [5.74, 6) is -0.131. The molecule has 0 aliphatic carbocycles. The van der Waals surface area contributed by atoms with Crippen molar-refractivity contribution in [3.05, 3.63) is 16.3 Å². The largest absolute Gasteiger partial charge is 0.370 e. The van der Waals surface area contributed by atoms with Crippen LogP contribution in [0.4, 0.5) is 5.69 Å². The molecule has 0 saturated carbocycles. The van der Waals surface area contributed by atoms with Crippen molar-refractivity contribution in [2.75, 3.05) is 11.9 Å². The summed E-state index contributed by atoms with van der Waals surface area (Å²) in [5, 5.41) is 19.0. The van der Waals surface area contributed by atoms with Crippen LogP contribution in [0.1, 0.15) is 4.88 Å². The SMILES string of the molecule is Cc1sccc1N(C)C(=N)NC(=N)N. The predicted molar refractivity (Wildman–Crippen MR) is 60.2 cm³/mol. The van der Waals surface area contributed by atoms with E-state index in [1.807, 2.05) is 18.4 Å². The molecule has 1 rings (SSSR count). The van der Waals surface area contributed by atoms with Gasteiger partial charge >= 0.3 is 0 Å². The van der Waals surface area contributed by atoms with Crippen molar-refractivity contribution in [1.29, 1.82) is 10.8 Å². The fraction of sp³-hybridized carbons (Fsp3) is 0.250. The van der Waals surface area contributed by atoms with Gasteiger partial charge in [-0.1, -0.05) is 0 Å². The summed E-state index contributed by atoms with van der Waals surface area (Å²) in [6.45, 7) is 1.98. The summed E-state index contributed by atoms with van der Waals surface area (Å²) in [4.78, 5) is 2.77. The number of hydrogen-bond donors (Lipinski definition) is 4. The molecular formula is C8H13N5S. The average molecular weight is 211 g/mol. The number of anilines is 1. The first-order chi connectivity index (χ1) is 6.52. The molecule has 0 radical (unpaired) electrons. The molecule has 0 amide bonds. The zero-order valence-corrected chi connectivity index (χ0v) is 8.90. The number of guanidine groups is 2. The molecular weight excluding hydrogens is 198 g/mol. The lowest BCUT2D eigenvalue weighted by atomic mass is 10.4. The third kappa shape index (κ3) is 2.23. The second kappa shape index (κ2) is 4.10. The minimum Gasteiger partial charge on any atom is -0.370 e. The van der Waals surface area contributed by atoms with Crippen LogP contribution in [-0.2, 0) is 0 Å². The van der Waals surface area contributed by atoms with Gasteiger partial charge in [0.25, 0.3) is 0 Å². The number of thiophene rings is 1. The maximum atomic E-state index is 7.60. The Morgan fingerprint density at radius 2 is 2.21 bits per heavy atom. The van der Waals surface area contributed by atoms with Crippen LogP contribution in [0.15, 0.2) is 11.4 Å². The number of nitrogens with one attached hydrogen (secondary N) is 3. The third-order valence-electron chi connectivity index (χ3n) is 1.78. The molecule has 14 heavy (non-hydrogen) atoms. The number of nitrogens with zero attached hydrogens (tertiary/aromatic N) is 1. The highest BCUT2D eigenvalue weighted by molar-refractivity contribution is 7.10. The number of rotatable bonds is 1. The van der Waals surface area contributed by atoms with Gasteiger partial charge in [0.2, 0.25) is 5.96 Å². The summed E-state index contributed by atoms with van der Waals surface area (Å²) in [5.41, 5.74) is 6.08. The number of aryl methyl sites for hydroxylation is 1. The lowest BCUT2D eigenvalue weighted by Crippen LogP contribution is -2.44.